The van der Waals surface area contributed by atoms with E-state index in [4.69, 9.17) is 39.4 Å². The molecule has 0 bridgehead atoms. The third kappa shape index (κ3) is 3.11. The van der Waals surface area contributed by atoms with Gasteiger partial charge in [0.15, 0.2) is 0 Å². The Morgan fingerprint density at radius 2 is 1.83 bits per heavy atom. The Kier molecular flexibility index (Phi) is 4.15. The largest absolute Gasteiger partial charge is 0.485 e. The summed E-state index contributed by atoms with van der Waals surface area (Å²) >= 11 is 12.0. The maximum atomic E-state index is 6.06. The van der Waals surface area contributed by atoms with Gasteiger partial charge in [-0.25, -0.2) is 4.98 Å². The Balaban J connectivity index is 1.99. The lowest BCUT2D eigenvalue weighted by Crippen LogP contribution is -2.06. The second-order valence-corrected chi connectivity index (χ2v) is 5.87. The molecule has 0 amide bonds. The maximum Gasteiger partial charge on any atom is 0.222 e. The molecule has 0 radical (unpaired) electrons. The van der Waals surface area contributed by atoms with Gasteiger partial charge in [0, 0.05) is 0 Å². The first-order valence-corrected chi connectivity index (χ1v) is 7.64. The fourth-order valence-electron chi connectivity index (χ4n) is 2.32. The topological polar surface area (TPSA) is 87.0 Å². The number of nitrogens with zero attached hydrogens (tertiary/aromatic N) is 2. The molecular weight excluding hydrogens is 335 g/mol. The van der Waals surface area contributed by atoms with E-state index in [2.05, 4.69) is 9.97 Å². The van der Waals surface area contributed by atoms with E-state index in [1.807, 2.05) is 25.1 Å². The molecule has 0 aliphatic heterocycles. The van der Waals surface area contributed by atoms with Crippen LogP contribution in [-0.2, 0) is 0 Å². The molecule has 0 saturated heterocycles. The van der Waals surface area contributed by atoms with Crippen molar-refractivity contribution in [3.8, 4) is 5.75 Å². The van der Waals surface area contributed by atoms with Crippen LogP contribution in [0, 0.1) is 0 Å². The number of nitrogen functional groups attached to an aromatic ring is 2. The first-order valence-electron chi connectivity index (χ1n) is 6.89. The molecule has 1 unspecified atom stereocenters. The minimum absolute atomic E-state index is 0.129. The molecule has 2 aromatic carbocycles. The molecule has 5 nitrogen and oxygen atoms in total. The third-order valence-corrected chi connectivity index (χ3v) is 4.19. The molecule has 0 spiro atoms. The van der Waals surface area contributed by atoms with Gasteiger partial charge in [0.2, 0.25) is 5.95 Å². The first kappa shape index (κ1) is 15.6. The predicted molar refractivity (Wildman–Crippen MR) is 93.9 cm³/mol. The molecule has 0 saturated carbocycles. The summed E-state index contributed by atoms with van der Waals surface area (Å²) in [6.45, 7) is 1.91. The van der Waals surface area contributed by atoms with Gasteiger partial charge in [-0.1, -0.05) is 35.3 Å². The summed E-state index contributed by atoms with van der Waals surface area (Å²) in [6.07, 6.45) is -0.257. The van der Waals surface area contributed by atoms with Gasteiger partial charge in [0.1, 0.15) is 17.7 Å². The van der Waals surface area contributed by atoms with Crippen LogP contribution in [0.15, 0.2) is 36.4 Å². The number of anilines is 2. The lowest BCUT2D eigenvalue weighted by molar-refractivity contribution is 0.230. The van der Waals surface area contributed by atoms with E-state index in [0.717, 1.165) is 5.56 Å². The lowest BCUT2D eigenvalue weighted by Gasteiger charge is -2.17. The van der Waals surface area contributed by atoms with E-state index >= 15 is 0 Å². The van der Waals surface area contributed by atoms with Gasteiger partial charge in [-0.2, -0.15) is 4.98 Å². The van der Waals surface area contributed by atoms with Gasteiger partial charge in [-0.15, -0.1) is 0 Å². The van der Waals surface area contributed by atoms with Gasteiger partial charge in [0.05, 0.1) is 20.9 Å². The number of benzene rings is 2. The summed E-state index contributed by atoms with van der Waals surface area (Å²) in [6, 6.07) is 10.8. The van der Waals surface area contributed by atoms with Gasteiger partial charge in [0.25, 0.3) is 0 Å². The zero-order valence-corrected chi connectivity index (χ0v) is 13.8. The van der Waals surface area contributed by atoms with Crippen LogP contribution in [0.4, 0.5) is 11.8 Å². The van der Waals surface area contributed by atoms with E-state index in [1.54, 1.807) is 18.2 Å². The monoisotopic (exact) mass is 348 g/mol. The van der Waals surface area contributed by atoms with Gasteiger partial charge in [-0.3, -0.25) is 0 Å². The van der Waals surface area contributed by atoms with Gasteiger partial charge < -0.3 is 16.2 Å². The second kappa shape index (κ2) is 6.10. The third-order valence-electron chi connectivity index (χ3n) is 3.45. The molecule has 3 rings (SSSR count). The van der Waals surface area contributed by atoms with Crippen molar-refractivity contribution < 1.29 is 4.74 Å². The molecule has 23 heavy (non-hydrogen) atoms. The number of hydrogen-bond acceptors (Lipinski definition) is 5. The molecular formula is C16H14Cl2N4O. The molecule has 0 aliphatic carbocycles. The van der Waals surface area contributed by atoms with Crippen LogP contribution in [0.1, 0.15) is 18.6 Å². The van der Waals surface area contributed by atoms with Crippen LogP contribution in [0.2, 0.25) is 10.0 Å². The molecule has 3 aromatic rings. The summed E-state index contributed by atoms with van der Waals surface area (Å²) in [5.41, 5.74) is 13.1. The molecule has 1 aromatic heterocycles. The van der Waals surface area contributed by atoms with Crippen molar-refractivity contribution in [3.05, 3.63) is 52.0 Å². The van der Waals surface area contributed by atoms with Crippen LogP contribution in [0.3, 0.4) is 0 Å². The zero-order chi connectivity index (χ0) is 16.6. The minimum atomic E-state index is -0.257. The number of halogens is 2. The number of aromatic nitrogens is 2. The van der Waals surface area contributed by atoms with E-state index in [1.165, 1.54) is 0 Å². The summed E-state index contributed by atoms with van der Waals surface area (Å²) in [4.78, 5) is 8.17. The zero-order valence-electron chi connectivity index (χ0n) is 12.3. The molecule has 118 valence electrons. The van der Waals surface area contributed by atoms with E-state index in [-0.39, 0.29) is 17.9 Å². The molecule has 4 N–H and O–H groups in total. The highest BCUT2D eigenvalue weighted by Gasteiger charge is 2.14. The second-order valence-electron chi connectivity index (χ2n) is 5.05. The Morgan fingerprint density at radius 3 is 2.57 bits per heavy atom. The Morgan fingerprint density at radius 1 is 1.04 bits per heavy atom. The number of rotatable bonds is 3. The van der Waals surface area contributed by atoms with E-state index in [0.29, 0.717) is 26.7 Å². The smallest absolute Gasteiger partial charge is 0.222 e. The highest BCUT2D eigenvalue weighted by atomic mass is 35.5. The number of hydrogen-bond donors (Lipinski definition) is 2. The SMILES string of the molecule is CC(Oc1cccc2nc(N)nc(N)c12)c1ccc(Cl)c(Cl)c1. The standard InChI is InChI=1S/C16H14Cl2N4O/c1-8(9-5-6-10(17)11(18)7-9)23-13-4-2-3-12-14(13)15(19)22-16(20)21-12/h2-8H,1H3,(H4,19,20,21,22). The summed E-state index contributed by atoms with van der Waals surface area (Å²) in [7, 11) is 0. The van der Waals surface area contributed by atoms with Crippen molar-refractivity contribution in [2.24, 2.45) is 0 Å². The highest BCUT2D eigenvalue weighted by molar-refractivity contribution is 6.42. The Bertz CT molecular complexity index is 885. The quantitative estimate of drug-likeness (QED) is 0.738. The van der Waals surface area contributed by atoms with Crippen LogP contribution < -0.4 is 16.2 Å². The van der Waals surface area contributed by atoms with Gasteiger partial charge >= 0.3 is 0 Å². The van der Waals surface area contributed by atoms with Crippen molar-refractivity contribution in [2.45, 2.75) is 13.0 Å². The minimum Gasteiger partial charge on any atom is -0.485 e. The predicted octanol–water partition coefficient (Wildman–Crippen LogP) is 4.24. The highest BCUT2D eigenvalue weighted by Crippen LogP contribution is 2.33. The fraction of sp³-hybridized carbons (Fsp3) is 0.125. The van der Waals surface area contributed by atoms with Crippen LogP contribution >= 0.6 is 23.2 Å². The summed E-state index contributed by atoms with van der Waals surface area (Å²) in [5.74, 6) is 0.993. The van der Waals surface area contributed by atoms with E-state index in [9.17, 15) is 0 Å². The van der Waals surface area contributed by atoms with Crippen molar-refractivity contribution in [1.29, 1.82) is 0 Å². The molecule has 0 aliphatic rings. The molecule has 0 fully saturated rings. The first-order chi connectivity index (χ1) is 11.0. The average molecular weight is 349 g/mol. The van der Waals surface area contributed by atoms with Crippen LogP contribution in [-0.4, -0.2) is 9.97 Å². The Hall–Kier alpha value is -2.24. The van der Waals surface area contributed by atoms with Crippen molar-refractivity contribution in [1.82, 2.24) is 9.97 Å². The van der Waals surface area contributed by atoms with Crippen molar-refractivity contribution in [3.63, 3.8) is 0 Å². The number of fused-ring (bicyclic) bond motifs is 1. The lowest BCUT2D eigenvalue weighted by atomic mass is 10.1. The van der Waals surface area contributed by atoms with E-state index < -0.39 is 0 Å². The van der Waals surface area contributed by atoms with Crippen molar-refractivity contribution >= 4 is 45.9 Å². The molecule has 1 atom stereocenters. The van der Waals surface area contributed by atoms with Crippen LogP contribution in [0.5, 0.6) is 5.75 Å². The molecule has 1 heterocycles. The fourth-order valence-corrected chi connectivity index (χ4v) is 2.63. The van der Waals surface area contributed by atoms with Crippen molar-refractivity contribution in [2.75, 3.05) is 11.5 Å². The maximum absolute atomic E-state index is 6.06. The Labute approximate surface area is 143 Å². The van der Waals surface area contributed by atoms with Crippen LogP contribution in [0.25, 0.3) is 10.9 Å². The normalized spacial score (nSPS) is 12.3. The summed E-state index contributed by atoms with van der Waals surface area (Å²) < 4.78 is 6.03. The molecule has 7 heteroatoms. The van der Waals surface area contributed by atoms with Gasteiger partial charge in [-0.05, 0) is 36.8 Å². The summed E-state index contributed by atoms with van der Waals surface area (Å²) in [5, 5.41) is 1.61. The number of nitrogens with two attached hydrogens (primary N) is 2. The average Bonchev–Trinajstić information content (AvgIpc) is 2.49. The number of ether oxygens (including phenoxy) is 1.